The van der Waals surface area contributed by atoms with E-state index in [1.165, 1.54) is 43.5 Å². The van der Waals surface area contributed by atoms with Crippen molar-refractivity contribution >= 4 is 11.9 Å². The average molecular weight is 385 g/mol. The molecule has 6 heteroatoms. The Morgan fingerprint density at radius 3 is 2.00 bits per heavy atom. The van der Waals surface area contributed by atoms with Gasteiger partial charge in [-0.25, -0.2) is 9.59 Å². The lowest BCUT2D eigenvalue weighted by Crippen LogP contribution is -2.33. The predicted octanol–water partition coefficient (Wildman–Crippen LogP) is 3.31. The molecule has 1 heterocycles. The first-order valence-electron chi connectivity index (χ1n) is 9.33. The molecule has 0 unspecified atom stereocenters. The molecule has 0 amide bonds. The largest absolute Gasteiger partial charge is 0.497 e. The molecule has 1 fully saturated rings. The van der Waals surface area contributed by atoms with Gasteiger partial charge in [0.2, 0.25) is 0 Å². The van der Waals surface area contributed by atoms with Crippen molar-refractivity contribution in [2.75, 3.05) is 20.2 Å². The summed E-state index contributed by atoms with van der Waals surface area (Å²) >= 11 is 0. The maximum Gasteiger partial charge on any atom is 0.414 e. The van der Waals surface area contributed by atoms with E-state index in [1.54, 1.807) is 7.11 Å². The van der Waals surface area contributed by atoms with Crippen LogP contribution >= 0.6 is 0 Å². The molecule has 2 aromatic rings. The fourth-order valence-corrected chi connectivity index (χ4v) is 3.29. The normalized spacial score (nSPS) is 14.6. The summed E-state index contributed by atoms with van der Waals surface area (Å²) in [4.78, 5) is 20.8. The molecular formula is C22H27NO5. The zero-order valence-corrected chi connectivity index (χ0v) is 16.1. The van der Waals surface area contributed by atoms with E-state index in [0.29, 0.717) is 0 Å². The number of hydrogen-bond acceptors (Lipinski definition) is 4. The summed E-state index contributed by atoms with van der Waals surface area (Å²) < 4.78 is 5.22. The smallest absolute Gasteiger partial charge is 0.414 e. The van der Waals surface area contributed by atoms with Gasteiger partial charge in [0.15, 0.2) is 0 Å². The van der Waals surface area contributed by atoms with Crippen LogP contribution in [0.1, 0.15) is 24.0 Å². The Balaban J connectivity index is 0.000000409. The second kappa shape index (κ2) is 11.1. The maximum absolute atomic E-state index is 9.10. The van der Waals surface area contributed by atoms with Crippen molar-refractivity contribution in [2.24, 2.45) is 5.92 Å². The van der Waals surface area contributed by atoms with Gasteiger partial charge in [-0.3, -0.25) is 4.90 Å². The predicted molar refractivity (Wildman–Crippen MR) is 106 cm³/mol. The summed E-state index contributed by atoms with van der Waals surface area (Å²) in [5, 5.41) is 14.8. The van der Waals surface area contributed by atoms with E-state index < -0.39 is 11.9 Å². The van der Waals surface area contributed by atoms with Crippen molar-refractivity contribution in [2.45, 2.75) is 25.8 Å². The van der Waals surface area contributed by atoms with Crippen LogP contribution in [0.25, 0.3) is 0 Å². The molecular weight excluding hydrogens is 358 g/mol. The second-order valence-electron chi connectivity index (χ2n) is 6.87. The minimum absolute atomic E-state index is 0.842. The van der Waals surface area contributed by atoms with E-state index in [-0.39, 0.29) is 0 Å². The number of methoxy groups -OCH3 is 1. The highest BCUT2D eigenvalue weighted by atomic mass is 16.5. The fraction of sp³-hybridized carbons (Fsp3) is 0.364. The Bertz CT molecular complexity index is 725. The van der Waals surface area contributed by atoms with Crippen LogP contribution in [0, 0.1) is 5.92 Å². The molecule has 2 aromatic carbocycles. The highest BCUT2D eigenvalue weighted by Gasteiger charge is 2.19. The van der Waals surface area contributed by atoms with Gasteiger partial charge in [-0.05, 0) is 61.5 Å². The molecule has 0 spiro atoms. The van der Waals surface area contributed by atoms with E-state index in [4.69, 9.17) is 24.5 Å². The number of likely N-dealkylation sites (tertiary alicyclic amines) is 1. The number of nitrogens with zero attached hydrogens (tertiary/aromatic N) is 1. The zero-order chi connectivity index (χ0) is 20.4. The lowest BCUT2D eigenvalue weighted by molar-refractivity contribution is -0.159. The number of carbonyl (C=O) groups is 2. The molecule has 1 aliphatic rings. The molecule has 150 valence electrons. The number of piperidine rings is 1. The molecule has 0 saturated carbocycles. The molecule has 0 atom stereocenters. The molecule has 1 aliphatic heterocycles. The molecule has 2 N–H and O–H groups in total. The van der Waals surface area contributed by atoms with Crippen molar-refractivity contribution in [1.29, 1.82) is 0 Å². The van der Waals surface area contributed by atoms with Crippen molar-refractivity contribution < 1.29 is 24.5 Å². The fourth-order valence-electron chi connectivity index (χ4n) is 3.29. The summed E-state index contributed by atoms with van der Waals surface area (Å²) in [7, 11) is 1.71. The lowest BCUT2D eigenvalue weighted by Gasteiger charge is -2.32. The third-order valence-corrected chi connectivity index (χ3v) is 4.82. The highest BCUT2D eigenvalue weighted by molar-refractivity contribution is 6.27. The summed E-state index contributed by atoms with van der Waals surface area (Å²) in [6, 6.07) is 19.4. The van der Waals surface area contributed by atoms with Gasteiger partial charge in [0, 0.05) is 6.54 Å². The molecule has 0 aliphatic carbocycles. The van der Waals surface area contributed by atoms with Gasteiger partial charge >= 0.3 is 11.9 Å². The number of aliphatic carboxylic acids is 2. The van der Waals surface area contributed by atoms with Crippen LogP contribution in [0.3, 0.4) is 0 Å². The number of carboxylic acid groups (broad SMARTS) is 2. The van der Waals surface area contributed by atoms with Crippen LogP contribution in [0.5, 0.6) is 5.75 Å². The van der Waals surface area contributed by atoms with Gasteiger partial charge in [-0.15, -0.1) is 0 Å². The molecule has 3 rings (SSSR count). The summed E-state index contributed by atoms with van der Waals surface area (Å²) in [5.74, 6) is -1.87. The quantitative estimate of drug-likeness (QED) is 0.768. The molecule has 28 heavy (non-hydrogen) atoms. The van der Waals surface area contributed by atoms with Crippen molar-refractivity contribution in [3.05, 3.63) is 65.7 Å². The van der Waals surface area contributed by atoms with Crippen LogP contribution in [-0.4, -0.2) is 47.3 Å². The van der Waals surface area contributed by atoms with Crippen molar-refractivity contribution in [1.82, 2.24) is 4.90 Å². The van der Waals surface area contributed by atoms with E-state index in [2.05, 4.69) is 59.5 Å². The molecule has 0 aromatic heterocycles. The SMILES string of the molecule is COc1ccc(CN2CCC(Cc3ccccc3)CC2)cc1.O=C(O)C(=O)O. The number of benzene rings is 2. The van der Waals surface area contributed by atoms with Gasteiger partial charge in [0.25, 0.3) is 0 Å². The topological polar surface area (TPSA) is 87.1 Å². The summed E-state index contributed by atoms with van der Waals surface area (Å²) in [5.41, 5.74) is 2.86. The Hall–Kier alpha value is -2.86. The van der Waals surface area contributed by atoms with E-state index in [1.807, 2.05) is 0 Å². The van der Waals surface area contributed by atoms with Crippen LogP contribution in [0.2, 0.25) is 0 Å². The first-order valence-corrected chi connectivity index (χ1v) is 9.33. The Labute approximate surface area is 165 Å². The standard InChI is InChI=1S/C20H25NO.C2H2O4/c1-22-20-9-7-19(8-10-20)16-21-13-11-18(12-14-21)15-17-5-3-2-4-6-17;3-1(4)2(5)6/h2-10,18H,11-16H2,1H3;(H,3,4)(H,5,6). The first kappa shape index (κ1) is 21.4. The van der Waals surface area contributed by atoms with Gasteiger partial charge in [0.1, 0.15) is 5.75 Å². The lowest BCUT2D eigenvalue weighted by atomic mass is 9.90. The zero-order valence-electron chi connectivity index (χ0n) is 16.1. The third kappa shape index (κ3) is 7.40. The molecule has 0 radical (unpaired) electrons. The number of ether oxygens (including phenoxy) is 1. The summed E-state index contributed by atoms with van der Waals surface area (Å²) in [6.07, 6.45) is 3.85. The van der Waals surface area contributed by atoms with Crippen molar-refractivity contribution in [3.8, 4) is 5.75 Å². The molecule has 0 bridgehead atoms. The second-order valence-corrected chi connectivity index (χ2v) is 6.87. The Morgan fingerprint density at radius 2 is 1.50 bits per heavy atom. The molecule has 1 saturated heterocycles. The van der Waals surface area contributed by atoms with Crippen LogP contribution in [0.15, 0.2) is 54.6 Å². The van der Waals surface area contributed by atoms with Gasteiger partial charge in [0.05, 0.1) is 7.11 Å². The first-order chi connectivity index (χ1) is 13.5. The Kier molecular flexibility index (Phi) is 8.49. The van der Waals surface area contributed by atoms with Gasteiger partial charge < -0.3 is 14.9 Å². The Morgan fingerprint density at radius 1 is 0.929 bits per heavy atom. The van der Waals surface area contributed by atoms with Crippen LogP contribution < -0.4 is 4.74 Å². The minimum atomic E-state index is -1.82. The van der Waals surface area contributed by atoms with Gasteiger partial charge in [-0.1, -0.05) is 42.5 Å². The number of hydrogen-bond donors (Lipinski definition) is 2. The maximum atomic E-state index is 9.10. The van der Waals surface area contributed by atoms with E-state index in [9.17, 15) is 0 Å². The van der Waals surface area contributed by atoms with E-state index in [0.717, 1.165) is 18.2 Å². The third-order valence-electron chi connectivity index (χ3n) is 4.82. The average Bonchev–Trinajstić information content (AvgIpc) is 2.71. The molecule has 6 nitrogen and oxygen atoms in total. The monoisotopic (exact) mass is 385 g/mol. The highest BCUT2D eigenvalue weighted by Crippen LogP contribution is 2.23. The minimum Gasteiger partial charge on any atom is -0.497 e. The van der Waals surface area contributed by atoms with Crippen LogP contribution in [0.4, 0.5) is 0 Å². The van der Waals surface area contributed by atoms with Crippen LogP contribution in [-0.2, 0) is 22.6 Å². The number of rotatable bonds is 5. The van der Waals surface area contributed by atoms with Crippen molar-refractivity contribution in [3.63, 3.8) is 0 Å². The van der Waals surface area contributed by atoms with Gasteiger partial charge in [-0.2, -0.15) is 0 Å². The number of carboxylic acids is 2. The van der Waals surface area contributed by atoms with E-state index >= 15 is 0 Å². The summed E-state index contributed by atoms with van der Waals surface area (Å²) in [6.45, 7) is 3.48.